The van der Waals surface area contributed by atoms with Crippen LogP contribution >= 0.6 is 0 Å². The number of benzene rings is 1. The number of piperazine rings is 1. The van der Waals surface area contributed by atoms with Crippen LogP contribution in [0.25, 0.3) is 0 Å². The first-order chi connectivity index (χ1) is 16.3. The first kappa shape index (κ1) is 22.6. The SMILES string of the molecule is CC(C)c1coc(CN2CCN(c3cc4c(cc3F)C(=O)N(C3CCC(=O)NC3=O)C4)CC2)c1. The van der Waals surface area contributed by atoms with Crippen LogP contribution in [0.4, 0.5) is 10.1 Å². The van der Waals surface area contributed by atoms with Gasteiger partial charge in [0.15, 0.2) is 0 Å². The molecule has 0 saturated carbocycles. The number of amides is 3. The van der Waals surface area contributed by atoms with Gasteiger partial charge in [-0.1, -0.05) is 13.8 Å². The summed E-state index contributed by atoms with van der Waals surface area (Å²) in [4.78, 5) is 42.3. The average molecular weight is 469 g/mol. The van der Waals surface area contributed by atoms with E-state index in [-0.39, 0.29) is 31.2 Å². The van der Waals surface area contributed by atoms with Crippen molar-refractivity contribution in [2.75, 3.05) is 31.1 Å². The highest BCUT2D eigenvalue weighted by Crippen LogP contribution is 2.33. The number of carbonyl (C=O) groups is 3. The van der Waals surface area contributed by atoms with Crippen LogP contribution in [0.15, 0.2) is 28.9 Å². The Morgan fingerprint density at radius 1 is 1.12 bits per heavy atom. The molecule has 1 unspecified atom stereocenters. The van der Waals surface area contributed by atoms with Crippen molar-refractivity contribution in [3.05, 3.63) is 52.7 Å². The number of hydrogen-bond donors (Lipinski definition) is 1. The molecule has 3 aliphatic heterocycles. The van der Waals surface area contributed by atoms with Crippen molar-refractivity contribution in [3.63, 3.8) is 0 Å². The minimum absolute atomic E-state index is 0.192. The Morgan fingerprint density at radius 2 is 1.88 bits per heavy atom. The molecule has 1 aromatic carbocycles. The maximum atomic E-state index is 15.1. The van der Waals surface area contributed by atoms with Crippen molar-refractivity contribution in [1.29, 1.82) is 0 Å². The largest absolute Gasteiger partial charge is 0.468 e. The van der Waals surface area contributed by atoms with Crippen LogP contribution in [0.3, 0.4) is 0 Å². The highest BCUT2D eigenvalue weighted by Gasteiger charge is 2.40. The first-order valence-corrected chi connectivity index (χ1v) is 11.8. The number of furan rings is 1. The van der Waals surface area contributed by atoms with Gasteiger partial charge in [-0.15, -0.1) is 0 Å². The molecule has 4 heterocycles. The Balaban J connectivity index is 1.25. The Bertz CT molecular complexity index is 1140. The zero-order valence-corrected chi connectivity index (χ0v) is 19.5. The van der Waals surface area contributed by atoms with E-state index in [0.717, 1.165) is 25.4 Å². The normalized spacial score (nSPS) is 21.4. The van der Waals surface area contributed by atoms with Gasteiger partial charge in [-0.05, 0) is 41.7 Å². The molecule has 2 aromatic rings. The molecule has 34 heavy (non-hydrogen) atoms. The fraction of sp³-hybridized carbons (Fsp3) is 0.480. The van der Waals surface area contributed by atoms with Crippen LogP contribution in [-0.4, -0.2) is 59.7 Å². The summed E-state index contributed by atoms with van der Waals surface area (Å²) in [5, 5.41) is 2.29. The van der Waals surface area contributed by atoms with E-state index in [1.807, 2.05) is 11.2 Å². The summed E-state index contributed by atoms with van der Waals surface area (Å²) in [5.74, 6) is -0.225. The summed E-state index contributed by atoms with van der Waals surface area (Å²) in [6, 6.07) is 4.43. The summed E-state index contributed by atoms with van der Waals surface area (Å²) >= 11 is 0. The number of nitrogens with one attached hydrogen (secondary N) is 1. The van der Waals surface area contributed by atoms with Gasteiger partial charge < -0.3 is 14.2 Å². The number of halogens is 1. The van der Waals surface area contributed by atoms with Gasteiger partial charge in [0.05, 0.1) is 18.5 Å². The Morgan fingerprint density at radius 3 is 2.56 bits per heavy atom. The molecule has 9 heteroatoms. The fourth-order valence-corrected chi connectivity index (χ4v) is 4.97. The molecular formula is C25H29FN4O4. The molecule has 2 fully saturated rings. The van der Waals surface area contributed by atoms with Crippen LogP contribution in [0.5, 0.6) is 0 Å². The number of piperidine rings is 1. The molecular weight excluding hydrogens is 439 g/mol. The lowest BCUT2D eigenvalue weighted by Crippen LogP contribution is -2.52. The number of anilines is 1. The third-order valence-electron chi connectivity index (χ3n) is 7.02. The van der Waals surface area contributed by atoms with Gasteiger partial charge in [-0.25, -0.2) is 4.39 Å². The van der Waals surface area contributed by atoms with Crippen molar-refractivity contribution in [1.82, 2.24) is 15.1 Å². The van der Waals surface area contributed by atoms with Crippen molar-refractivity contribution in [2.45, 2.75) is 51.7 Å². The molecule has 0 radical (unpaired) electrons. The Labute approximate surface area is 197 Å². The third kappa shape index (κ3) is 4.20. The predicted molar refractivity (Wildman–Crippen MR) is 123 cm³/mol. The lowest BCUT2D eigenvalue weighted by atomic mass is 10.0. The molecule has 1 aromatic heterocycles. The molecule has 1 atom stereocenters. The zero-order valence-electron chi connectivity index (χ0n) is 19.5. The van der Waals surface area contributed by atoms with E-state index in [4.69, 9.17) is 4.42 Å². The van der Waals surface area contributed by atoms with Crippen LogP contribution in [0, 0.1) is 5.82 Å². The predicted octanol–water partition coefficient (Wildman–Crippen LogP) is 2.63. The van der Waals surface area contributed by atoms with E-state index >= 15 is 4.39 Å². The molecule has 180 valence electrons. The highest BCUT2D eigenvalue weighted by molar-refractivity contribution is 6.05. The Kier molecular flexibility index (Phi) is 5.89. The van der Waals surface area contributed by atoms with Crippen LogP contribution in [0.2, 0.25) is 0 Å². The van der Waals surface area contributed by atoms with E-state index in [1.165, 1.54) is 16.5 Å². The van der Waals surface area contributed by atoms with E-state index in [2.05, 4.69) is 30.1 Å². The quantitative estimate of drug-likeness (QED) is 0.679. The van der Waals surface area contributed by atoms with E-state index in [9.17, 15) is 14.4 Å². The lowest BCUT2D eigenvalue weighted by molar-refractivity contribution is -0.136. The van der Waals surface area contributed by atoms with Crippen molar-refractivity contribution >= 4 is 23.4 Å². The summed E-state index contributed by atoms with van der Waals surface area (Å²) in [6.07, 6.45) is 2.29. The van der Waals surface area contributed by atoms with Gasteiger partial charge in [-0.3, -0.25) is 24.6 Å². The number of carbonyl (C=O) groups excluding carboxylic acids is 3. The molecule has 3 amide bonds. The number of fused-ring (bicyclic) bond motifs is 1. The van der Waals surface area contributed by atoms with Gasteiger partial charge >= 0.3 is 0 Å². The van der Waals surface area contributed by atoms with Crippen molar-refractivity contribution in [3.8, 4) is 0 Å². The monoisotopic (exact) mass is 468 g/mol. The summed E-state index contributed by atoms with van der Waals surface area (Å²) in [6.45, 7) is 8.11. The second kappa shape index (κ2) is 8.87. The lowest BCUT2D eigenvalue weighted by Gasteiger charge is -2.36. The second-order valence-electron chi connectivity index (χ2n) is 9.62. The van der Waals surface area contributed by atoms with E-state index in [0.29, 0.717) is 35.8 Å². The van der Waals surface area contributed by atoms with Crippen molar-refractivity contribution in [2.24, 2.45) is 0 Å². The average Bonchev–Trinajstić information content (AvgIpc) is 3.39. The molecule has 5 rings (SSSR count). The summed E-state index contributed by atoms with van der Waals surface area (Å²) in [7, 11) is 0. The first-order valence-electron chi connectivity index (χ1n) is 11.8. The number of imide groups is 1. The molecule has 3 aliphatic rings. The minimum atomic E-state index is -0.703. The molecule has 0 bridgehead atoms. The fourth-order valence-electron chi connectivity index (χ4n) is 4.97. The van der Waals surface area contributed by atoms with Crippen molar-refractivity contribution < 1.29 is 23.2 Å². The standard InChI is InChI=1S/C25H29FN4O4/c1-15(2)17-9-18(34-14-17)13-28-5-7-29(8-6-28)22-10-16-12-30(25(33)19(16)11-20(22)26)21-3-4-23(31)27-24(21)32/h9-11,14-15,21H,3-8,12-13H2,1-2H3,(H,27,31,32). The zero-order chi connectivity index (χ0) is 24.0. The number of hydrogen-bond acceptors (Lipinski definition) is 6. The third-order valence-corrected chi connectivity index (χ3v) is 7.02. The van der Waals surface area contributed by atoms with Gasteiger partial charge in [0.25, 0.3) is 5.91 Å². The van der Waals surface area contributed by atoms with Crippen LogP contribution < -0.4 is 10.2 Å². The number of rotatable bonds is 5. The number of nitrogens with zero attached hydrogens (tertiary/aromatic N) is 3. The van der Waals surface area contributed by atoms with E-state index < -0.39 is 17.8 Å². The maximum Gasteiger partial charge on any atom is 0.255 e. The van der Waals surface area contributed by atoms with Gasteiger partial charge in [0.1, 0.15) is 17.6 Å². The van der Waals surface area contributed by atoms with Crippen LogP contribution in [0.1, 0.15) is 59.9 Å². The second-order valence-corrected chi connectivity index (χ2v) is 9.62. The van der Waals surface area contributed by atoms with E-state index in [1.54, 1.807) is 6.07 Å². The highest BCUT2D eigenvalue weighted by atomic mass is 19.1. The van der Waals surface area contributed by atoms with Gasteiger partial charge in [-0.2, -0.15) is 0 Å². The molecule has 8 nitrogen and oxygen atoms in total. The molecule has 0 spiro atoms. The minimum Gasteiger partial charge on any atom is -0.468 e. The van der Waals surface area contributed by atoms with Gasteiger partial charge in [0.2, 0.25) is 11.8 Å². The topological polar surface area (TPSA) is 86.1 Å². The molecule has 1 N–H and O–H groups in total. The molecule has 2 saturated heterocycles. The molecule has 0 aliphatic carbocycles. The maximum absolute atomic E-state index is 15.1. The smallest absolute Gasteiger partial charge is 0.255 e. The summed E-state index contributed by atoms with van der Waals surface area (Å²) in [5.41, 5.74) is 2.68. The Hall–Kier alpha value is -3.20. The van der Waals surface area contributed by atoms with Crippen LogP contribution in [-0.2, 0) is 22.7 Å². The summed E-state index contributed by atoms with van der Waals surface area (Å²) < 4.78 is 20.8. The van der Waals surface area contributed by atoms with Gasteiger partial charge in [0, 0.05) is 44.7 Å².